The summed E-state index contributed by atoms with van der Waals surface area (Å²) in [6, 6.07) is 12.5. The van der Waals surface area contributed by atoms with Crippen LogP contribution in [0.4, 0.5) is 11.4 Å². The van der Waals surface area contributed by atoms with Crippen LogP contribution in [0.15, 0.2) is 47.6 Å². The van der Waals surface area contributed by atoms with E-state index in [-0.39, 0.29) is 0 Å². The van der Waals surface area contributed by atoms with Crippen LogP contribution < -0.4 is 16.1 Å². The van der Waals surface area contributed by atoms with E-state index in [1.807, 2.05) is 12.1 Å². The van der Waals surface area contributed by atoms with Crippen LogP contribution in [-0.4, -0.2) is 24.6 Å². The van der Waals surface area contributed by atoms with Gasteiger partial charge in [0.25, 0.3) is 0 Å². The molecule has 0 spiro atoms. The van der Waals surface area contributed by atoms with Crippen LogP contribution in [0.2, 0.25) is 10.0 Å². The van der Waals surface area contributed by atoms with Crippen molar-refractivity contribution in [3.8, 4) is 0 Å². The van der Waals surface area contributed by atoms with Crippen molar-refractivity contribution in [2.45, 2.75) is 26.2 Å². The molecule has 28 heavy (non-hydrogen) atoms. The van der Waals surface area contributed by atoms with Crippen molar-refractivity contribution in [2.75, 3.05) is 11.9 Å². The molecule has 8 heteroatoms. The minimum Gasteiger partial charge on any atom is -0.355 e. The van der Waals surface area contributed by atoms with Crippen LogP contribution in [0.25, 0.3) is 0 Å². The van der Waals surface area contributed by atoms with Crippen LogP contribution in [-0.2, 0) is 9.59 Å². The number of hydrogen-bond acceptors (Lipinski definition) is 4. The molecule has 3 N–H and O–H groups in total. The molecule has 0 fully saturated rings. The Labute approximate surface area is 174 Å². The van der Waals surface area contributed by atoms with E-state index in [1.165, 1.54) is 6.21 Å². The minimum atomic E-state index is -0.820. The fraction of sp³-hybridized carbons (Fsp3) is 0.250. The Kier molecular flexibility index (Phi) is 8.78. The molecule has 0 aliphatic carbocycles. The molecule has 2 aromatic carbocycles. The van der Waals surface area contributed by atoms with Gasteiger partial charge in [-0.2, -0.15) is 5.10 Å². The number of nitrogens with zero attached hydrogens (tertiary/aromatic N) is 1. The summed E-state index contributed by atoms with van der Waals surface area (Å²) in [4.78, 5) is 23.5. The van der Waals surface area contributed by atoms with E-state index in [2.05, 4.69) is 28.1 Å². The fourth-order valence-electron chi connectivity index (χ4n) is 2.34. The predicted molar refractivity (Wildman–Crippen MR) is 114 cm³/mol. The maximum atomic E-state index is 11.8. The standard InChI is InChI=1S/C20H22Cl2N4O2/c1-2-3-4-10-23-19(27)20(28)26-24-13-14-11-16(22)8-9-18(14)25-17-7-5-6-15(21)12-17/h5-9,11-13,25H,2-4,10H2,1H3,(H,23,27)(H,26,28)/b24-13-. The molecule has 0 unspecified atom stereocenters. The summed E-state index contributed by atoms with van der Waals surface area (Å²) >= 11 is 12.1. The molecule has 0 atom stereocenters. The Balaban J connectivity index is 1.99. The Bertz CT molecular complexity index is 856. The van der Waals surface area contributed by atoms with Gasteiger partial charge in [0.1, 0.15) is 0 Å². The number of amides is 2. The first-order valence-electron chi connectivity index (χ1n) is 8.93. The highest BCUT2D eigenvalue weighted by Gasteiger charge is 2.11. The van der Waals surface area contributed by atoms with Crippen molar-refractivity contribution in [1.82, 2.24) is 10.7 Å². The van der Waals surface area contributed by atoms with Crippen molar-refractivity contribution < 1.29 is 9.59 Å². The lowest BCUT2D eigenvalue weighted by Gasteiger charge is -2.10. The van der Waals surface area contributed by atoms with Gasteiger partial charge >= 0.3 is 11.8 Å². The van der Waals surface area contributed by atoms with Crippen LogP contribution in [0.5, 0.6) is 0 Å². The molecule has 2 rings (SSSR count). The number of anilines is 2. The normalized spacial score (nSPS) is 10.7. The van der Waals surface area contributed by atoms with E-state index in [1.54, 1.807) is 30.3 Å². The minimum absolute atomic E-state index is 0.464. The van der Waals surface area contributed by atoms with Gasteiger partial charge in [-0.3, -0.25) is 9.59 Å². The first kappa shape index (κ1) is 21.7. The molecule has 148 valence electrons. The SMILES string of the molecule is CCCCCNC(=O)C(=O)N/N=C\c1cc(Cl)ccc1Nc1cccc(Cl)c1. The average molecular weight is 421 g/mol. The largest absolute Gasteiger partial charge is 0.355 e. The second-order valence-corrected chi connectivity index (χ2v) is 6.90. The molecule has 0 heterocycles. The van der Waals surface area contributed by atoms with Crippen molar-refractivity contribution in [2.24, 2.45) is 5.10 Å². The summed E-state index contributed by atoms with van der Waals surface area (Å²) in [5, 5.41) is 10.7. The first-order valence-corrected chi connectivity index (χ1v) is 9.68. The van der Waals surface area contributed by atoms with Crippen molar-refractivity contribution >= 4 is 52.6 Å². The highest BCUT2D eigenvalue weighted by molar-refractivity contribution is 6.35. The highest BCUT2D eigenvalue weighted by atomic mass is 35.5. The second-order valence-electron chi connectivity index (χ2n) is 6.03. The van der Waals surface area contributed by atoms with Crippen LogP contribution in [0.1, 0.15) is 31.7 Å². The zero-order chi connectivity index (χ0) is 20.4. The van der Waals surface area contributed by atoms with Gasteiger partial charge in [-0.05, 0) is 42.8 Å². The quantitative estimate of drug-likeness (QED) is 0.254. The van der Waals surface area contributed by atoms with Crippen molar-refractivity contribution in [3.05, 3.63) is 58.1 Å². The van der Waals surface area contributed by atoms with Gasteiger partial charge in [0, 0.05) is 33.5 Å². The molecule has 0 aliphatic heterocycles. The molecule has 0 radical (unpaired) electrons. The number of rotatable bonds is 8. The summed E-state index contributed by atoms with van der Waals surface area (Å²) in [5.41, 5.74) is 4.36. The lowest BCUT2D eigenvalue weighted by atomic mass is 10.2. The van der Waals surface area contributed by atoms with E-state index >= 15 is 0 Å². The van der Waals surface area contributed by atoms with E-state index < -0.39 is 11.8 Å². The third-order valence-electron chi connectivity index (χ3n) is 3.76. The molecular weight excluding hydrogens is 399 g/mol. The topological polar surface area (TPSA) is 82.6 Å². The van der Waals surface area contributed by atoms with E-state index in [0.29, 0.717) is 27.8 Å². The van der Waals surface area contributed by atoms with Crippen LogP contribution in [0.3, 0.4) is 0 Å². The van der Waals surface area contributed by atoms with Crippen molar-refractivity contribution in [1.29, 1.82) is 0 Å². The number of halogens is 2. The lowest BCUT2D eigenvalue weighted by molar-refractivity contribution is -0.139. The number of nitrogens with one attached hydrogen (secondary N) is 3. The van der Waals surface area contributed by atoms with Crippen LogP contribution in [0, 0.1) is 0 Å². The third kappa shape index (κ3) is 7.21. The molecule has 0 saturated heterocycles. The third-order valence-corrected chi connectivity index (χ3v) is 4.23. The maximum absolute atomic E-state index is 11.8. The van der Waals surface area contributed by atoms with Crippen LogP contribution >= 0.6 is 23.2 Å². The molecular formula is C20H22Cl2N4O2. The Hall–Kier alpha value is -2.57. The highest BCUT2D eigenvalue weighted by Crippen LogP contribution is 2.24. The monoisotopic (exact) mass is 420 g/mol. The fourth-order valence-corrected chi connectivity index (χ4v) is 2.72. The average Bonchev–Trinajstić information content (AvgIpc) is 2.67. The predicted octanol–water partition coefficient (Wildman–Crippen LogP) is 4.49. The summed E-state index contributed by atoms with van der Waals surface area (Å²) in [6.07, 6.45) is 4.29. The summed E-state index contributed by atoms with van der Waals surface area (Å²) < 4.78 is 0. The zero-order valence-electron chi connectivity index (χ0n) is 15.5. The maximum Gasteiger partial charge on any atom is 0.329 e. The molecule has 0 aliphatic rings. The molecule has 2 amide bonds. The molecule has 2 aromatic rings. The van der Waals surface area contributed by atoms with Gasteiger partial charge in [-0.1, -0.05) is 49.0 Å². The van der Waals surface area contributed by atoms with Gasteiger partial charge in [0.05, 0.1) is 6.21 Å². The number of carbonyl (C=O) groups excluding carboxylic acids is 2. The van der Waals surface area contributed by atoms with Crippen molar-refractivity contribution in [3.63, 3.8) is 0 Å². The lowest BCUT2D eigenvalue weighted by Crippen LogP contribution is -2.38. The Morgan fingerprint density at radius 2 is 1.82 bits per heavy atom. The zero-order valence-corrected chi connectivity index (χ0v) is 17.0. The number of benzene rings is 2. The first-order chi connectivity index (χ1) is 13.5. The molecule has 6 nitrogen and oxygen atoms in total. The molecule has 0 saturated carbocycles. The second kappa shape index (κ2) is 11.3. The van der Waals surface area contributed by atoms with Gasteiger partial charge in [0.15, 0.2) is 0 Å². The summed E-state index contributed by atoms with van der Waals surface area (Å²) in [5.74, 6) is -1.53. The van der Waals surface area contributed by atoms with Gasteiger partial charge < -0.3 is 10.6 Å². The summed E-state index contributed by atoms with van der Waals surface area (Å²) in [7, 11) is 0. The van der Waals surface area contributed by atoms with Gasteiger partial charge in [0.2, 0.25) is 0 Å². The number of unbranched alkanes of at least 4 members (excludes halogenated alkanes) is 2. The molecule has 0 aromatic heterocycles. The number of hydrazone groups is 1. The number of carbonyl (C=O) groups is 2. The Morgan fingerprint density at radius 1 is 1.04 bits per heavy atom. The van der Waals surface area contributed by atoms with Gasteiger partial charge in [-0.15, -0.1) is 0 Å². The molecule has 0 bridgehead atoms. The van der Waals surface area contributed by atoms with E-state index in [9.17, 15) is 9.59 Å². The van der Waals surface area contributed by atoms with Gasteiger partial charge in [-0.25, -0.2) is 5.43 Å². The van der Waals surface area contributed by atoms with E-state index in [0.717, 1.165) is 24.9 Å². The van der Waals surface area contributed by atoms with E-state index in [4.69, 9.17) is 23.2 Å². The Morgan fingerprint density at radius 3 is 2.57 bits per heavy atom. The smallest absolute Gasteiger partial charge is 0.329 e. The summed E-state index contributed by atoms with van der Waals surface area (Å²) in [6.45, 7) is 2.53. The number of hydrogen-bond donors (Lipinski definition) is 3.